The van der Waals surface area contributed by atoms with Crippen molar-refractivity contribution in [3.63, 3.8) is 0 Å². The second-order valence-electron chi connectivity index (χ2n) is 6.23. The van der Waals surface area contributed by atoms with Gasteiger partial charge in [-0.1, -0.05) is 42.5 Å². The third kappa shape index (κ3) is 3.82. The molecule has 24 heavy (non-hydrogen) atoms. The molecule has 0 saturated carbocycles. The molecule has 3 aromatic rings. The maximum Gasteiger partial charge on any atom is 0.240 e. The number of nitrogens with one attached hydrogen (secondary N) is 1. The van der Waals surface area contributed by atoms with Crippen molar-refractivity contribution in [2.75, 3.05) is 0 Å². The number of amides is 1. The van der Waals surface area contributed by atoms with Crippen LogP contribution < -0.4 is 5.32 Å². The lowest BCUT2D eigenvalue weighted by Crippen LogP contribution is -2.35. The molecule has 1 amide bonds. The highest BCUT2D eigenvalue weighted by Crippen LogP contribution is 2.15. The molecule has 1 N–H and O–H groups in total. The van der Waals surface area contributed by atoms with Crippen LogP contribution in [0.25, 0.3) is 11.0 Å². The Morgan fingerprint density at radius 2 is 1.83 bits per heavy atom. The highest BCUT2D eigenvalue weighted by atomic mass is 16.2. The lowest BCUT2D eigenvalue weighted by molar-refractivity contribution is -0.122. The summed E-state index contributed by atoms with van der Waals surface area (Å²) in [5.41, 5.74) is 3.23. The quantitative estimate of drug-likeness (QED) is 0.755. The maximum absolute atomic E-state index is 12.4. The van der Waals surface area contributed by atoms with Crippen molar-refractivity contribution in [1.82, 2.24) is 14.9 Å². The average molecular weight is 321 g/mol. The molecular formula is C20H23N3O. The molecule has 0 aliphatic rings. The van der Waals surface area contributed by atoms with Crippen LogP contribution >= 0.6 is 0 Å². The zero-order chi connectivity index (χ0) is 16.9. The number of fused-ring (bicyclic) bond motifs is 1. The Bertz CT molecular complexity index is 823. The molecule has 124 valence electrons. The summed E-state index contributed by atoms with van der Waals surface area (Å²) in [6.45, 7) is 4.30. The topological polar surface area (TPSA) is 46.9 Å². The van der Waals surface area contributed by atoms with E-state index < -0.39 is 0 Å². The van der Waals surface area contributed by atoms with Gasteiger partial charge < -0.3 is 9.88 Å². The molecule has 3 rings (SSSR count). The number of aromatic nitrogens is 2. The van der Waals surface area contributed by atoms with Gasteiger partial charge in [-0.3, -0.25) is 4.79 Å². The van der Waals surface area contributed by atoms with Gasteiger partial charge in [0.25, 0.3) is 0 Å². The number of aryl methyl sites for hydroxylation is 2. The lowest BCUT2D eigenvalue weighted by atomic mass is 10.1. The molecule has 1 aromatic heterocycles. The minimum absolute atomic E-state index is 0.0295. The van der Waals surface area contributed by atoms with Crippen LogP contribution in [0.15, 0.2) is 54.6 Å². The van der Waals surface area contributed by atoms with Crippen LogP contribution in [0.2, 0.25) is 0 Å². The molecular weight excluding hydrogens is 298 g/mol. The van der Waals surface area contributed by atoms with Gasteiger partial charge in [0.05, 0.1) is 11.0 Å². The van der Waals surface area contributed by atoms with Crippen LogP contribution in [0.5, 0.6) is 0 Å². The number of nitrogens with zero attached hydrogens (tertiary/aromatic N) is 2. The summed E-state index contributed by atoms with van der Waals surface area (Å²) in [6, 6.07) is 18.4. The smallest absolute Gasteiger partial charge is 0.240 e. The SMILES string of the molecule is Cc1nc2ccccc2n1CC(=O)N[C@H](C)CCc1ccccc1. The van der Waals surface area contributed by atoms with E-state index in [1.165, 1.54) is 5.56 Å². The van der Waals surface area contributed by atoms with E-state index in [1.807, 2.05) is 54.0 Å². The largest absolute Gasteiger partial charge is 0.352 e. The molecule has 0 radical (unpaired) electrons. The van der Waals surface area contributed by atoms with Gasteiger partial charge in [0.2, 0.25) is 5.91 Å². The summed E-state index contributed by atoms with van der Waals surface area (Å²) >= 11 is 0. The lowest BCUT2D eigenvalue weighted by Gasteiger charge is -2.15. The molecule has 0 spiro atoms. The van der Waals surface area contributed by atoms with Gasteiger partial charge in [-0.05, 0) is 44.4 Å². The first-order valence-electron chi connectivity index (χ1n) is 8.38. The Kier molecular flexibility index (Phi) is 4.94. The van der Waals surface area contributed by atoms with Gasteiger partial charge in [0, 0.05) is 6.04 Å². The minimum atomic E-state index is 0.0295. The number of carbonyl (C=O) groups excluding carboxylic acids is 1. The number of hydrogen-bond donors (Lipinski definition) is 1. The molecule has 0 fully saturated rings. The first-order chi connectivity index (χ1) is 11.6. The molecule has 0 saturated heterocycles. The average Bonchev–Trinajstić information content (AvgIpc) is 2.90. The second kappa shape index (κ2) is 7.30. The highest BCUT2D eigenvalue weighted by molar-refractivity contribution is 5.81. The number of rotatable bonds is 6. The Hall–Kier alpha value is -2.62. The predicted molar refractivity (Wildman–Crippen MR) is 96.8 cm³/mol. The number of para-hydroxylation sites is 2. The standard InChI is InChI=1S/C20H23N3O/c1-15(12-13-17-8-4-3-5-9-17)21-20(24)14-23-16(2)22-18-10-6-7-11-19(18)23/h3-11,15H,12-14H2,1-2H3,(H,21,24)/t15-/m1/s1. The minimum Gasteiger partial charge on any atom is -0.352 e. The number of benzene rings is 2. The Morgan fingerprint density at radius 1 is 1.12 bits per heavy atom. The highest BCUT2D eigenvalue weighted by Gasteiger charge is 2.12. The van der Waals surface area contributed by atoms with E-state index in [-0.39, 0.29) is 11.9 Å². The molecule has 1 heterocycles. The van der Waals surface area contributed by atoms with Gasteiger partial charge in [0.1, 0.15) is 12.4 Å². The van der Waals surface area contributed by atoms with Crippen molar-refractivity contribution >= 4 is 16.9 Å². The van der Waals surface area contributed by atoms with Crippen molar-refractivity contribution in [1.29, 1.82) is 0 Å². The van der Waals surface area contributed by atoms with Crippen LogP contribution in [0.4, 0.5) is 0 Å². The van der Waals surface area contributed by atoms with Crippen LogP contribution in [0.3, 0.4) is 0 Å². The number of carbonyl (C=O) groups is 1. The fraction of sp³-hybridized carbons (Fsp3) is 0.300. The van der Waals surface area contributed by atoms with Crippen molar-refractivity contribution in [2.45, 2.75) is 39.3 Å². The fourth-order valence-corrected chi connectivity index (χ4v) is 2.96. The Morgan fingerprint density at radius 3 is 2.62 bits per heavy atom. The summed E-state index contributed by atoms with van der Waals surface area (Å²) < 4.78 is 1.97. The van der Waals surface area contributed by atoms with E-state index in [9.17, 15) is 4.79 Å². The van der Waals surface area contributed by atoms with Crippen molar-refractivity contribution < 1.29 is 4.79 Å². The summed E-state index contributed by atoms with van der Waals surface area (Å²) in [6.07, 6.45) is 1.90. The maximum atomic E-state index is 12.4. The number of imidazole rings is 1. The third-order valence-electron chi connectivity index (χ3n) is 4.26. The number of hydrogen-bond acceptors (Lipinski definition) is 2. The normalized spacial score (nSPS) is 12.2. The molecule has 0 unspecified atom stereocenters. The van der Waals surface area contributed by atoms with Crippen LogP contribution in [-0.4, -0.2) is 21.5 Å². The molecule has 2 aromatic carbocycles. The molecule has 0 bridgehead atoms. The summed E-state index contributed by atoms with van der Waals surface area (Å²) in [5.74, 6) is 0.894. The third-order valence-corrected chi connectivity index (χ3v) is 4.26. The van der Waals surface area contributed by atoms with E-state index in [1.54, 1.807) is 0 Å². The second-order valence-corrected chi connectivity index (χ2v) is 6.23. The first-order valence-corrected chi connectivity index (χ1v) is 8.38. The van der Waals surface area contributed by atoms with Crippen molar-refractivity contribution in [3.8, 4) is 0 Å². The Balaban J connectivity index is 1.57. The monoisotopic (exact) mass is 321 g/mol. The zero-order valence-electron chi connectivity index (χ0n) is 14.2. The van der Waals surface area contributed by atoms with Gasteiger partial charge in [-0.15, -0.1) is 0 Å². The van der Waals surface area contributed by atoms with Crippen molar-refractivity contribution in [3.05, 3.63) is 66.0 Å². The van der Waals surface area contributed by atoms with E-state index in [4.69, 9.17) is 0 Å². The predicted octanol–water partition coefficient (Wildman–Crippen LogP) is 3.48. The zero-order valence-corrected chi connectivity index (χ0v) is 14.2. The Labute approximate surface area is 142 Å². The summed E-state index contributed by atoms with van der Waals surface area (Å²) in [4.78, 5) is 16.9. The van der Waals surface area contributed by atoms with Gasteiger partial charge in [0.15, 0.2) is 0 Å². The summed E-state index contributed by atoms with van der Waals surface area (Å²) in [5, 5.41) is 3.09. The molecule has 0 aliphatic heterocycles. The fourth-order valence-electron chi connectivity index (χ4n) is 2.96. The van der Waals surface area contributed by atoms with E-state index in [0.29, 0.717) is 6.54 Å². The molecule has 1 atom stereocenters. The van der Waals surface area contributed by atoms with Crippen molar-refractivity contribution in [2.24, 2.45) is 0 Å². The van der Waals surface area contributed by atoms with E-state index >= 15 is 0 Å². The molecule has 4 nitrogen and oxygen atoms in total. The van der Waals surface area contributed by atoms with Crippen LogP contribution in [0.1, 0.15) is 24.7 Å². The summed E-state index contributed by atoms with van der Waals surface area (Å²) in [7, 11) is 0. The van der Waals surface area contributed by atoms with Crippen LogP contribution in [0, 0.1) is 6.92 Å². The molecule has 4 heteroatoms. The molecule has 0 aliphatic carbocycles. The van der Waals surface area contributed by atoms with E-state index in [2.05, 4.69) is 29.4 Å². The van der Waals surface area contributed by atoms with E-state index in [0.717, 1.165) is 29.7 Å². The van der Waals surface area contributed by atoms with Gasteiger partial charge >= 0.3 is 0 Å². The first kappa shape index (κ1) is 16.2. The van der Waals surface area contributed by atoms with Gasteiger partial charge in [-0.25, -0.2) is 4.98 Å². The van der Waals surface area contributed by atoms with Crippen LogP contribution in [-0.2, 0) is 17.8 Å². The van der Waals surface area contributed by atoms with Gasteiger partial charge in [-0.2, -0.15) is 0 Å².